The molecule has 0 heterocycles. The smallest absolute Gasteiger partial charge is 0.339 e. The number of rotatable bonds is 13. The summed E-state index contributed by atoms with van der Waals surface area (Å²) in [6, 6.07) is 13.6. The van der Waals surface area contributed by atoms with Gasteiger partial charge in [-0.3, -0.25) is 4.79 Å². The van der Waals surface area contributed by atoms with Crippen LogP contribution in [0.1, 0.15) is 29.8 Å². The average molecular weight is 685 g/mol. The van der Waals surface area contributed by atoms with Gasteiger partial charge in [-0.25, -0.2) is 5.43 Å². The van der Waals surface area contributed by atoms with Crippen molar-refractivity contribution in [1.29, 1.82) is 0 Å². The fourth-order valence-corrected chi connectivity index (χ4v) is 5.15. The van der Waals surface area contributed by atoms with Crippen LogP contribution < -0.4 is 23.8 Å². The van der Waals surface area contributed by atoms with Crippen LogP contribution >= 0.6 is 34.2 Å². The zero-order chi connectivity index (χ0) is 28.4. The minimum absolute atomic E-state index is 0.0378. The summed E-state index contributed by atoms with van der Waals surface area (Å²) in [5.41, 5.74) is 3.33. The Bertz CT molecular complexity index is 1460. The van der Waals surface area contributed by atoms with Crippen LogP contribution in [-0.2, 0) is 10.1 Å². The highest BCUT2D eigenvalue weighted by Crippen LogP contribution is 2.36. The van der Waals surface area contributed by atoms with Gasteiger partial charge in [-0.15, -0.1) is 0 Å². The van der Waals surface area contributed by atoms with E-state index in [2.05, 4.69) is 17.1 Å². The Morgan fingerprint density at radius 2 is 1.69 bits per heavy atom. The topological polar surface area (TPSA) is 113 Å². The highest BCUT2D eigenvalue weighted by Gasteiger charge is 2.22. The van der Waals surface area contributed by atoms with E-state index in [9.17, 15) is 13.2 Å². The number of carbonyl (C=O) groups is 1. The van der Waals surface area contributed by atoms with Crippen molar-refractivity contribution in [3.63, 3.8) is 0 Å². The third-order valence-electron chi connectivity index (χ3n) is 4.87. The quantitative estimate of drug-likeness (QED) is 0.0792. The van der Waals surface area contributed by atoms with Crippen LogP contribution in [0.4, 0.5) is 0 Å². The number of nitrogens with one attached hydrogen (secondary N) is 1. The zero-order valence-corrected chi connectivity index (χ0v) is 24.9. The van der Waals surface area contributed by atoms with Gasteiger partial charge in [-0.05, 0) is 96.6 Å². The lowest BCUT2D eigenvalue weighted by Crippen LogP contribution is -2.18. The highest BCUT2D eigenvalue weighted by molar-refractivity contribution is 14.1. The molecule has 3 aromatic rings. The summed E-state index contributed by atoms with van der Waals surface area (Å²) < 4.78 is 48.3. The summed E-state index contributed by atoms with van der Waals surface area (Å²) in [5, 5.41) is 4.43. The van der Waals surface area contributed by atoms with Gasteiger partial charge in [0.05, 0.1) is 23.0 Å². The van der Waals surface area contributed by atoms with Crippen LogP contribution in [0, 0.1) is 3.57 Å². The van der Waals surface area contributed by atoms with E-state index in [1.807, 2.05) is 29.5 Å². The van der Waals surface area contributed by atoms with Gasteiger partial charge in [0.2, 0.25) is 0 Å². The number of benzene rings is 3. The second-order valence-electron chi connectivity index (χ2n) is 7.65. The van der Waals surface area contributed by atoms with Crippen molar-refractivity contribution in [2.24, 2.45) is 5.10 Å². The van der Waals surface area contributed by atoms with E-state index in [1.54, 1.807) is 43.3 Å². The van der Waals surface area contributed by atoms with Crippen LogP contribution in [0.3, 0.4) is 0 Å². The minimum atomic E-state index is -4.14. The minimum Gasteiger partial charge on any atom is -0.490 e. The summed E-state index contributed by atoms with van der Waals surface area (Å²) in [7, 11) is -4.14. The first-order chi connectivity index (χ1) is 18.7. The van der Waals surface area contributed by atoms with Crippen molar-refractivity contribution < 1.29 is 31.6 Å². The molecule has 3 aromatic carbocycles. The molecule has 0 spiro atoms. The maximum atomic E-state index is 12.8. The van der Waals surface area contributed by atoms with E-state index >= 15 is 0 Å². The summed E-state index contributed by atoms with van der Waals surface area (Å²) in [5.74, 6) is 0.699. The van der Waals surface area contributed by atoms with Crippen LogP contribution in [0.2, 0.25) is 5.02 Å². The van der Waals surface area contributed by atoms with Gasteiger partial charge in [0.15, 0.2) is 23.0 Å². The van der Waals surface area contributed by atoms with Crippen molar-refractivity contribution in [2.45, 2.75) is 18.7 Å². The molecule has 1 N–H and O–H groups in total. The van der Waals surface area contributed by atoms with Gasteiger partial charge in [0.1, 0.15) is 11.5 Å². The Labute approximate surface area is 246 Å². The van der Waals surface area contributed by atoms with E-state index in [0.717, 1.165) is 0 Å². The number of amides is 1. The molecule has 206 valence electrons. The molecule has 0 bridgehead atoms. The number of hydrazone groups is 1. The lowest BCUT2D eigenvalue weighted by molar-refractivity contribution is 0.0954. The molecule has 0 aliphatic heterocycles. The Balaban J connectivity index is 1.78. The van der Waals surface area contributed by atoms with Crippen molar-refractivity contribution >= 4 is 56.4 Å². The molecule has 9 nitrogen and oxygen atoms in total. The van der Waals surface area contributed by atoms with E-state index in [1.165, 1.54) is 30.5 Å². The van der Waals surface area contributed by atoms with Gasteiger partial charge in [-0.1, -0.05) is 24.3 Å². The van der Waals surface area contributed by atoms with Gasteiger partial charge >= 0.3 is 10.1 Å². The third-order valence-corrected chi connectivity index (χ3v) is 7.16. The van der Waals surface area contributed by atoms with Crippen LogP contribution in [-0.4, -0.2) is 40.4 Å². The van der Waals surface area contributed by atoms with E-state index in [4.69, 9.17) is 30.0 Å². The Kier molecular flexibility index (Phi) is 11.0. The van der Waals surface area contributed by atoms with E-state index in [-0.39, 0.29) is 23.0 Å². The Morgan fingerprint density at radius 1 is 1.00 bits per heavy atom. The monoisotopic (exact) mass is 684 g/mol. The second kappa shape index (κ2) is 14.2. The first kappa shape index (κ1) is 30.3. The zero-order valence-electron chi connectivity index (χ0n) is 21.1. The third kappa shape index (κ3) is 8.35. The number of nitrogens with zero attached hydrogens (tertiary/aromatic N) is 1. The molecule has 0 unspecified atom stereocenters. The van der Waals surface area contributed by atoms with Crippen molar-refractivity contribution in [1.82, 2.24) is 5.43 Å². The van der Waals surface area contributed by atoms with E-state index < -0.39 is 16.0 Å². The molecule has 1 amide bonds. The molecule has 3 rings (SSSR count). The molecule has 0 fully saturated rings. The second-order valence-corrected chi connectivity index (χ2v) is 10.8. The lowest BCUT2D eigenvalue weighted by atomic mass is 10.2. The largest absolute Gasteiger partial charge is 0.490 e. The molecule has 0 saturated heterocycles. The molecule has 0 aromatic heterocycles. The molecule has 0 aliphatic carbocycles. The van der Waals surface area contributed by atoms with Gasteiger partial charge in [0.25, 0.3) is 5.91 Å². The summed E-state index contributed by atoms with van der Waals surface area (Å²) in [6.07, 6.45) is 3.02. The van der Waals surface area contributed by atoms with Crippen molar-refractivity contribution in [3.05, 3.63) is 87.0 Å². The predicted molar refractivity (Wildman–Crippen MR) is 158 cm³/mol. The highest BCUT2D eigenvalue weighted by atomic mass is 127. The van der Waals surface area contributed by atoms with Crippen molar-refractivity contribution in [2.75, 3.05) is 19.8 Å². The number of halogens is 2. The van der Waals surface area contributed by atoms with Gasteiger partial charge in [0, 0.05) is 10.6 Å². The number of hydrogen-bond donors (Lipinski definition) is 1. The molecule has 0 atom stereocenters. The Hall–Kier alpha value is -3.29. The maximum Gasteiger partial charge on any atom is 0.339 e. The summed E-state index contributed by atoms with van der Waals surface area (Å²) in [6.45, 7) is 8.17. The fraction of sp³-hybridized carbons (Fsp3) is 0.185. The van der Waals surface area contributed by atoms with E-state index in [0.29, 0.717) is 44.4 Å². The summed E-state index contributed by atoms with van der Waals surface area (Å²) >= 11 is 7.80. The van der Waals surface area contributed by atoms with Crippen LogP contribution in [0.15, 0.2) is 77.2 Å². The number of ether oxygens (including phenoxy) is 3. The molecule has 0 radical (unpaired) electrons. The molecule has 0 aliphatic rings. The van der Waals surface area contributed by atoms with Gasteiger partial charge < -0.3 is 18.4 Å². The SMILES string of the molecule is C=CCOc1ccc(C(=O)N/N=C/c2cc(I)c(OS(=O)(=O)c3ccc(Cl)cc3)c(OCC)c2)cc1OCC. The molecule has 0 saturated carbocycles. The molecule has 12 heteroatoms. The van der Waals surface area contributed by atoms with Crippen molar-refractivity contribution in [3.8, 4) is 23.0 Å². The molecular formula is C27H26ClIN2O7S. The number of carbonyl (C=O) groups excluding carboxylic acids is 1. The standard InChI is InChI=1S/C27H26ClIN2O7S/c1-4-13-37-23-12-7-19(16-24(23)35-5-2)27(32)31-30-17-18-14-22(29)26(25(15-18)36-6-3)38-39(33,34)21-10-8-20(28)9-11-21/h4,7-12,14-17H,1,5-6,13H2,2-3H3,(H,31,32)/b30-17+. The predicted octanol–water partition coefficient (Wildman–Crippen LogP) is 5.84. The lowest BCUT2D eigenvalue weighted by Gasteiger charge is -2.14. The molecule has 39 heavy (non-hydrogen) atoms. The first-order valence-electron chi connectivity index (χ1n) is 11.7. The van der Waals surface area contributed by atoms with Crippen LogP contribution in [0.5, 0.6) is 23.0 Å². The average Bonchev–Trinajstić information content (AvgIpc) is 2.90. The van der Waals surface area contributed by atoms with Crippen LogP contribution in [0.25, 0.3) is 0 Å². The summed E-state index contributed by atoms with van der Waals surface area (Å²) in [4.78, 5) is 12.6. The maximum absolute atomic E-state index is 12.8. The van der Waals surface area contributed by atoms with Gasteiger partial charge in [-0.2, -0.15) is 13.5 Å². The fourth-order valence-electron chi connectivity index (χ4n) is 3.18. The number of hydrogen-bond acceptors (Lipinski definition) is 8. The molecular weight excluding hydrogens is 659 g/mol. The Morgan fingerprint density at radius 3 is 2.36 bits per heavy atom. The first-order valence-corrected chi connectivity index (χ1v) is 14.5. The normalized spacial score (nSPS) is 11.2.